The molecule has 100 valence electrons. The average Bonchev–Trinajstić information content (AvgIpc) is 2.98. The van der Waals surface area contributed by atoms with Crippen LogP contribution >= 0.6 is 23.5 Å². The van der Waals surface area contributed by atoms with Crippen LogP contribution in [-0.2, 0) is 6.54 Å². The van der Waals surface area contributed by atoms with E-state index >= 15 is 0 Å². The summed E-state index contributed by atoms with van der Waals surface area (Å²) in [4.78, 5) is 4.52. The van der Waals surface area contributed by atoms with Gasteiger partial charge in [0.2, 0.25) is 11.7 Å². The minimum Gasteiger partial charge on any atom is -0.338 e. The molecule has 1 fully saturated rings. The number of benzene rings is 1. The maximum atomic E-state index is 5.59. The van der Waals surface area contributed by atoms with Crippen LogP contribution in [0, 0.1) is 0 Å². The Morgan fingerprint density at radius 3 is 2.79 bits per heavy atom. The molecule has 1 aromatic carbocycles. The van der Waals surface area contributed by atoms with Crippen LogP contribution in [0.4, 0.5) is 0 Å². The fourth-order valence-electron chi connectivity index (χ4n) is 1.90. The number of rotatable bonds is 3. The molecule has 3 rings (SSSR count). The smallest absolute Gasteiger partial charge is 0.240 e. The van der Waals surface area contributed by atoms with Gasteiger partial charge in [0, 0.05) is 29.4 Å². The summed E-state index contributed by atoms with van der Waals surface area (Å²) in [7, 11) is 0. The Balaban J connectivity index is 1.79. The number of nitrogens with zero attached hydrogens (tertiary/aromatic N) is 2. The first-order valence-corrected chi connectivity index (χ1v) is 8.39. The van der Waals surface area contributed by atoms with E-state index in [1.807, 2.05) is 47.8 Å². The van der Waals surface area contributed by atoms with E-state index in [4.69, 9.17) is 10.3 Å². The zero-order valence-electron chi connectivity index (χ0n) is 10.4. The lowest BCUT2D eigenvalue weighted by Gasteiger charge is -2.16. The molecule has 19 heavy (non-hydrogen) atoms. The van der Waals surface area contributed by atoms with Crippen LogP contribution in [0.15, 0.2) is 28.8 Å². The number of thioether (sulfide) groups is 2. The van der Waals surface area contributed by atoms with Gasteiger partial charge >= 0.3 is 0 Å². The molecule has 0 aliphatic carbocycles. The molecule has 0 bridgehead atoms. The molecule has 1 atom stereocenters. The summed E-state index contributed by atoms with van der Waals surface area (Å²) in [5.41, 5.74) is 7.66. The van der Waals surface area contributed by atoms with Gasteiger partial charge in [-0.15, -0.1) is 11.8 Å². The van der Waals surface area contributed by atoms with Crippen LogP contribution in [0.2, 0.25) is 0 Å². The Hall–Kier alpha value is -0.980. The summed E-state index contributed by atoms with van der Waals surface area (Å²) in [6.45, 7) is 0.549. The minimum atomic E-state index is 0.336. The SMILES string of the molecule is NCc1ccc(-c2noc(C3CSCCS3)n2)cc1. The molecule has 1 aromatic heterocycles. The van der Waals surface area contributed by atoms with Gasteiger partial charge in [0.25, 0.3) is 0 Å². The molecule has 0 radical (unpaired) electrons. The Labute approximate surface area is 120 Å². The lowest BCUT2D eigenvalue weighted by Crippen LogP contribution is -2.06. The van der Waals surface area contributed by atoms with E-state index in [1.165, 1.54) is 5.75 Å². The molecule has 0 amide bonds. The average molecular weight is 293 g/mol. The standard InChI is InChI=1S/C13H15N3OS2/c14-7-9-1-3-10(4-2-9)12-15-13(17-16-12)11-8-18-5-6-19-11/h1-4,11H,5-8,14H2. The zero-order valence-corrected chi connectivity index (χ0v) is 12.0. The van der Waals surface area contributed by atoms with Crippen molar-refractivity contribution < 1.29 is 4.52 Å². The fourth-order valence-corrected chi connectivity index (χ4v) is 4.48. The molecule has 4 nitrogen and oxygen atoms in total. The predicted octanol–water partition coefficient (Wildman–Crippen LogP) is 2.72. The highest BCUT2D eigenvalue weighted by molar-refractivity contribution is 8.06. The quantitative estimate of drug-likeness (QED) is 0.938. The Kier molecular flexibility index (Phi) is 4.10. The van der Waals surface area contributed by atoms with Gasteiger partial charge in [-0.3, -0.25) is 0 Å². The van der Waals surface area contributed by atoms with E-state index in [0.29, 0.717) is 17.6 Å². The van der Waals surface area contributed by atoms with Crippen molar-refractivity contribution in [3.63, 3.8) is 0 Å². The molecule has 1 saturated heterocycles. The minimum absolute atomic E-state index is 0.336. The normalized spacial score (nSPS) is 19.5. The van der Waals surface area contributed by atoms with E-state index in [-0.39, 0.29) is 0 Å². The molecule has 2 aromatic rings. The monoisotopic (exact) mass is 293 g/mol. The lowest BCUT2D eigenvalue weighted by atomic mass is 10.1. The molecule has 1 aliphatic rings. The summed E-state index contributed by atoms with van der Waals surface area (Å²) < 4.78 is 5.40. The van der Waals surface area contributed by atoms with Gasteiger partial charge in [-0.1, -0.05) is 29.4 Å². The summed E-state index contributed by atoms with van der Waals surface area (Å²) in [5, 5.41) is 4.41. The molecule has 1 unspecified atom stereocenters. The van der Waals surface area contributed by atoms with Crippen molar-refractivity contribution >= 4 is 23.5 Å². The fraction of sp³-hybridized carbons (Fsp3) is 0.385. The molecular formula is C13H15N3OS2. The van der Waals surface area contributed by atoms with Crippen LogP contribution in [0.1, 0.15) is 16.7 Å². The van der Waals surface area contributed by atoms with Crippen molar-refractivity contribution in [2.24, 2.45) is 5.73 Å². The first-order valence-electron chi connectivity index (χ1n) is 6.19. The largest absolute Gasteiger partial charge is 0.338 e. The molecule has 2 N–H and O–H groups in total. The first-order chi connectivity index (χ1) is 9.36. The van der Waals surface area contributed by atoms with E-state index in [2.05, 4.69) is 10.1 Å². The van der Waals surface area contributed by atoms with Gasteiger partial charge in [-0.25, -0.2) is 0 Å². The highest BCUT2D eigenvalue weighted by Crippen LogP contribution is 2.36. The van der Waals surface area contributed by atoms with Crippen LogP contribution in [0.5, 0.6) is 0 Å². The summed E-state index contributed by atoms with van der Waals surface area (Å²) >= 11 is 3.84. The Morgan fingerprint density at radius 2 is 2.11 bits per heavy atom. The maximum absolute atomic E-state index is 5.59. The van der Waals surface area contributed by atoms with E-state index in [1.54, 1.807) is 0 Å². The van der Waals surface area contributed by atoms with Crippen LogP contribution < -0.4 is 5.73 Å². The van der Waals surface area contributed by atoms with Gasteiger partial charge in [0.1, 0.15) is 0 Å². The van der Waals surface area contributed by atoms with Crippen LogP contribution in [-0.4, -0.2) is 27.4 Å². The Bertz CT molecular complexity index is 535. The van der Waals surface area contributed by atoms with Crippen molar-refractivity contribution in [1.29, 1.82) is 0 Å². The number of nitrogens with two attached hydrogens (primary N) is 1. The third-order valence-corrected chi connectivity index (χ3v) is 5.72. The lowest BCUT2D eigenvalue weighted by molar-refractivity contribution is 0.381. The summed E-state index contributed by atoms with van der Waals surface area (Å²) in [6.07, 6.45) is 0. The zero-order chi connectivity index (χ0) is 13.1. The molecule has 1 aliphatic heterocycles. The van der Waals surface area contributed by atoms with Gasteiger partial charge in [-0.2, -0.15) is 16.7 Å². The molecular weight excluding hydrogens is 278 g/mol. The molecule has 0 saturated carbocycles. The predicted molar refractivity (Wildman–Crippen MR) is 80.1 cm³/mol. The van der Waals surface area contributed by atoms with Gasteiger partial charge in [0.05, 0.1) is 5.25 Å². The molecule has 0 spiro atoms. The second kappa shape index (κ2) is 5.98. The number of hydrogen-bond acceptors (Lipinski definition) is 6. The van der Waals surface area contributed by atoms with Gasteiger partial charge in [-0.05, 0) is 5.56 Å². The van der Waals surface area contributed by atoms with Crippen LogP contribution in [0.25, 0.3) is 11.4 Å². The van der Waals surface area contributed by atoms with E-state index in [0.717, 1.165) is 28.5 Å². The molecule has 6 heteroatoms. The first kappa shape index (κ1) is 13.0. The van der Waals surface area contributed by atoms with Crippen molar-refractivity contribution in [3.8, 4) is 11.4 Å². The number of aromatic nitrogens is 2. The Morgan fingerprint density at radius 1 is 1.26 bits per heavy atom. The summed E-state index contributed by atoms with van der Waals surface area (Å²) in [5.74, 6) is 4.82. The van der Waals surface area contributed by atoms with Crippen molar-refractivity contribution in [1.82, 2.24) is 10.1 Å². The topological polar surface area (TPSA) is 64.9 Å². The third kappa shape index (κ3) is 2.96. The maximum Gasteiger partial charge on any atom is 0.240 e. The highest BCUT2D eigenvalue weighted by Gasteiger charge is 2.22. The number of hydrogen-bond donors (Lipinski definition) is 1. The van der Waals surface area contributed by atoms with Gasteiger partial charge < -0.3 is 10.3 Å². The third-order valence-electron chi connectivity index (χ3n) is 2.98. The van der Waals surface area contributed by atoms with Crippen molar-refractivity contribution in [2.75, 3.05) is 17.3 Å². The highest BCUT2D eigenvalue weighted by atomic mass is 32.2. The van der Waals surface area contributed by atoms with Crippen LogP contribution in [0.3, 0.4) is 0 Å². The van der Waals surface area contributed by atoms with E-state index < -0.39 is 0 Å². The van der Waals surface area contributed by atoms with Gasteiger partial charge in [0.15, 0.2) is 0 Å². The second-order valence-corrected chi connectivity index (χ2v) is 6.75. The summed E-state index contributed by atoms with van der Waals surface area (Å²) in [6, 6.07) is 7.96. The van der Waals surface area contributed by atoms with Crippen molar-refractivity contribution in [2.45, 2.75) is 11.8 Å². The van der Waals surface area contributed by atoms with Crippen molar-refractivity contribution in [3.05, 3.63) is 35.7 Å². The van der Waals surface area contributed by atoms with E-state index in [9.17, 15) is 0 Å². The molecule has 2 heterocycles. The second-order valence-electron chi connectivity index (χ2n) is 4.29.